The molecule has 0 aliphatic carbocycles. The van der Waals surface area contributed by atoms with Crippen LogP contribution in [0.5, 0.6) is 5.75 Å². The van der Waals surface area contributed by atoms with E-state index >= 15 is 0 Å². The molecule has 3 rings (SSSR count). The summed E-state index contributed by atoms with van der Waals surface area (Å²) < 4.78 is 6.65. The second-order valence-corrected chi connectivity index (χ2v) is 8.30. The second-order valence-electron chi connectivity index (χ2n) is 7.07. The van der Waals surface area contributed by atoms with Gasteiger partial charge in [0.1, 0.15) is 11.8 Å². The van der Waals surface area contributed by atoms with Gasteiger partial charge in [-0.15, -0.1) is 0 Å². The van der Waals surface area contributed by atoms with Gasteiger partial charge in [-0.05, 0) is 56.9 Å². The van der Waals surface area contributed by atoms with E-state index in [-0.39, 0.29) is 25.0 Å². The maximum Gasteiger partial charge on any atom is 0.261 e. The molecule has 0 aliphatic rings. The van der Waals surface area contributed by atoms with E-state index in [1.807, 2.05) is 55.5 Å². The Hall–Kier alpha value is -2.57. The van der Waals surface area contributed by atoms with E-state index in [9.17, 15) is 9.59 Å². The molecule has 0 saturated carbocycles. The summed E-state index contributed by atoms with van der Waals surface area (Å²) in [6, 6.07) is 18.3. The van der Waals surface area contributed by atoms with E-state index in [1.165, 1.54) is 0 Å². The van der Waals surface area contributed by atoms with E-state index in [0.29, 0.717) is 17.2 Å². The quantitative estimate of drug-likeness (QED) is 0.460. The van der Waals surface area contributed by atoms with E-state index in [0.717, 1.165) is 20.8 Å². The summed E-state index contributed by atoms with van der Waals surface area (Å²) >= 11 is 9.56. The summed E-state index contributed by atoms with van der Waals surface area (Å²) in [5.74, 6) is 0.0913. The number of amides is 2. The van der Waals surface area contributed by atoms with Gasteiger partial charge in [0.05, 0.1) is 4.47 Å². The highest BCUT2D eigenvalue weighted by molar-refractivity contribution is 9.10. The van der Waals surface area contributed by atoms with Crippen LogP contribution in [0.25, 0.3) is 10.8 Å². The van der Waals surface area contributed by atoms with E-state index in [1.54, 1.807) is 24.1 Å². The molecule has 7 heteroatoms. The molecule has 0 aliphatic heterocycles. The van der Waals surface area contributed by atoms with Crippen molar-refractivity contribution in [1.29, 1.82) is 0 Å². The molecular formula is C24H24BrClN2O3. The molecular weight excluding hydrogens is 480 g/mol. The fourth-order valence-corrected chi connectivity index (χ4v) is 4.15. The summed E-state index contributed by atoms with van der Waals surface area (Å²) in [5, 5.41) is 5.34. The Morgan fingerprint density at radius 3 is 2.48 bits per heavy atom. The fraction of sp³-hybridized carbons (Fsp3) is 0.250. The van der Waals surface area contributed by atoms with Gasteiger partial charge in [-0.3, -0.25) is 9.59 Å². The van der Waals surface area contributed by atoms with Gasteiger partial charge in [0.25, 0.3) is 5.91 Å². The van der Waals surface area contributed by atoms with Crippen LogP contribution >= 0.6 is 27.5 Å². The average molecular weight is 504 g/mol. The van der Waals surface area contributed by atoms with Crippen LogP contribution in [0.2, 0.25) is 5.02 Å². The first-order valence-electron chi connectivity index (χ1n) is 10.00. The van der Waals surface area contributed by atoms with Crippen LogP contribution in [0.1, 0.15) is 18.9 Å². The Bertz CT molecular complexity index is 1070. The molecule has 1 N–H and O–H groups in total. The molecule has 0 aromatic heterocycles. The number of halogens is 2. The SMILES string of the molecule is CCC(C(=O)NC)N(Cc1ccc(Cl)cc1)C(=O)COc1ccc2ccccc2c1Br. The lowest BCUT2D eigenvalue weighted by Crippen LogP contribution is -2.49. The minimum absolute atomic E-state index is 0.183. The zero-order valence-corrected chi connectivity index (χ0v) is 19.7. The Kier molecular flexibility index (Phi) is 7.93. The molecule has 1 unspecified atom stereocenters. The predicted molar refractivity (Wildman–Crippen MR) is 127 cm³/mol. The maximum absolute atomic E-state index is 13.2. The van der Waals surface area contributed by atoms with Crippen molar-refractivity contribution in [3.05, 3.63) is 75.7 Å². The molecule has 0 heterocycles. The molecule has 0 radical (unpaired) electrons. The smallest absolute Gasteiger partial charge is 0.261 e. The largest absolute Gasteiger partial charge is 0.483 e. The highest BCUT2D eigenvalue weighted by Gasteiger charge is 2.28. The number of hydrogen-bond acceptors (Lipinski definition) is 3. The van der Waals surface area contributed by atoms with Gasteiger partial charge in [0, 0.05) is 18.6 Å². The number of fused-ring (bicyclic) bond motifs is 1. The number of ether oxygens (including phenoxy) is 1. The number of carbonyl (C=O) groups is 2. The molecule has 5 nitrogen and oxygen atoms in total. The Morgan fingerprint density at radius 2 is 1.81 bits per heavy atom. The van der Waals surface area contributed by atoms with Crippen molar-refractivity contribution in [3.8, 4) is 5.75 Å². The number of nitrogens with one attached hydrogen (secondary N) is 1. The lowest BCUT2D eigenvalue weighted by Gasteiger charge is -2.30. The summed E-state index contributed by atoms with van der Waals surface area (Å²) in [4.78, 5) is 27.1. The maximum atomic E-state index is 13.2. The van der Waals surface area contributed by atoms with E-state index < -0.39 is 6.04 Å². The zero-order valence-electron chi connectivity index (χ0n) is 17.4. The van der Waals surface area contributed by atoms with E-state index in [4.69, 9.17) is 16.3 Å². The highest BCUT2D eigenvalue weighted by Crippen LogP contribution is 2.33. The van der Waals surface area contributed by atoms with Crippen LogP contribution in [-0.4, -0.2) is 36.4 Å². The highest BCUT2D eigenvalue weighted by atomic mass is 79.9. The molecule has 0 spiro atoms. The first-order valence-corrected chi connectivity index (χ1v) is 11.2. The van der Waals surface area contributed by atoms with Crippen molar-refractivity contribution in [2.75, 3.05) is 13.7 Å². The van der Waals surface area contributed by atoms with Crippen LogP contribution < -0.4 is 10.1 Å². The van der Waals surface area contributed by atoms with Crippen LogP contribution in [-0.2, 0) is 16.1 Å². The van der Waals surface area contributed by atoms with E-state index in [2.05, 4.69) is 21.2 Å². The molecule has 0 fully saturated rings. The lowest BCUT2D eigenvalue weighted by atomic mass is 10.1. The minimum Gasteiger partial charge on any atom is -0.483 e. The molecule has 3 aromatic rings. The van der Waals surface area contributed by atoms with Crippen molar-refractivity contribution in [3.63, 3.8) is 0 Å². The summed E-state index contributed by atoms with van der Waals surface area (Å²) in [6.45, 7) is 1.98. The van der Waals surface area contributed by atoms with Gasteiger partial charge >= 0.3 is 0 Å². The zero-order chi connectivity index (χ0) is 22.4. The lowest BCUT2D eigenvalue weighted by molar-refractivity contribution is -0.142. The van der Waals surface area contributed by atoms with Crippen molar-refractivity contribution >= 4 is 50.1 Å². The third-order valence-electron chi connectivity index (χ3n) is 5.08. The third-order valence-corrected chi connectivity index (χ3v) is 6.15. The predicted octanol–water partition coefficient (Wildman–Crippen LogP) is 5.19. The number of carbonyl (C=O) groups excluding carboxylic acids is 2. The molecule has 0 saturated heterocycles. The number of likely N-dealkylation sites (N-methyl/N-ethyl adjacent to an activating group) is 1. The van der Waals surface area contributed by atoms with Gasteiger partial charge in [0.2, 0.25) is 5.91 Å². The summed E-state index contributed by atoms with van der Waals surface area (Å²) in [6.07, 6.45) is 0.485. The number of nitrogens with zero attached hydrogens (tertiary/aromatic N) is 1. The third kappa shape index (κ3) is 5.57. The van der Waals surface area contributed by atoms with Gasteiger partial charge in [0.15, 0.2) is 6.61 Å². The van der Waals surface area contributed by atoms with Crippen LogP contribution in [0.4, 0.5) is 0 Å². The Balaban J connectivity index is 1.81. The first-order chi connectivity index (χ1) is 14.9. The fourth-order valence-electron chi connectivity index (χ4n) is 3.42. The molecule has 2 amide bonds. The van der Waals surface area contributed by atoms with Gasteiger partial charge in [-0.25, -0.2) is 0 Å². The van der Waals surface area contributed by atoms with Gasteiger partial charge in [-0.2, -0.15) is 0 Å². The van der Waals surface area contributed by atoms with Crippen molar-refractivity contribution in [1.82, 2.24) is 10.2 Å². The minimum atomic E-state index is -0.600. The normalized spacial score (nSPS) is 11.7. The van der Waals surface area contributed by atoms with Crippen LogP contribution in [0.15, 0.2) is 65.1 Å². The topological polar surface area (TPSA) is 58.6 Å². The molecule has 162 valence electrons. The average Bonchev–Trinajstić information content (AvgIpc) is 2.79. The first kappa shape index (κ1) is 23.1. The van der Waals surface area contributed by atoms with Gasteiger partial charge < -0.3 is 15.0 Å². The number of rotatable bonds is 8. The standard InChI is InChI=1S/C24H24BrClN2O3/c1-3-20(24(30)27-2)28(14-16-8-11-18(26)12-9-16)22(29)15-31-21-13-10-17-6-4-5-7-19(17)23(21)25/h4-13,20H,3,14-15H2,1-2H3,(H,27,30). The second kappa shape index (κ2) is 10.6. The number of benzene rings is 3. The van der Waals surface area contributed by atoms with Crippen molar-refractivity contribution < 1.29 is 14.3 Å². The molecule has 0 bridgehead atoms. The van der Waals surface area contributed by atoms with Crippen LogP contribution in [0, 0.1) is 0 Å². The molecule has 31 heavy (non-hydrogen) atoms. The Labute approximate surface area is 195 Å². The summed E-state index contributed by atoms with van der Waals surface area (Å²) in [7, 11) is 1.57. The number of hydrogen-bond donors (Lipinski definition) is 1. The van der Waals surface area contributed by atoms with Crippen molar-refractivity contribution in [2.24, 2.45) is 0 Å². The van der Waals surface area contributed by atoms with Gasteiger partial charge in [-0.1, -0.05) is 61.0 Å². The van der Waals surface area contributed by atoms with Crippen molar-refractivity contribution in [2.45, 2.75) is 25.9 Å². The molecule has 3 aromatic carbocycles. The Morgan fingerprint density at radius 1 is 1.10 bits per heavy atom. The monoisotopic (exact) mass is 502 g/mol. The molecule has 1 atom stereocenters. The summed E-state index contributed by atoms with van der Waals surface area (Å²) in [5.41, 5.74) is 0.881. The van der Waals surface area contributed by atoms with Crippen LogP contribution in [0.3, 0.4) is 0 Å².